The van der Waals surface area contributed by atoms with Crippen molar-refractivity contribution in [2.24, 2.45) is 0 Å². The molecule has 1 heterocycles. The molecule has 0 atom stereocenters. The van der Waals surface area contributed by atoms with Gasteiger partial charge in [0.2, 0.25) is 4.77 Å². The Morgan fingerprint density at radius 3 is 2.95 bits per heavy atom. The zero-order chi connectivity index (χ0) is 13.8. The quantitative estimate of drug-likeness (QED) is 0.528. The van der Waals surface area contributed by atoms with E-state index in [0.717, 1.165) is 0 Å². The molecule has 0 aliphatic heterocycles. The number of benzene rings is 1. The van der Waals surface area contributed by atoms with E-state index in [0.29, 0.717) is 21.7 Å². The number of aromatic amines is 1. The zero-order valence-electron chi connectivity index (χ0n) is 10.0. The van der Waals surface area contributed by atoms with Gasteiger partial charge in [-0.25, -0.2) is 4.98 Å². The highest BCUT2D eigenvalue weighted by molar-refractivity contribution is 7.71. The molecule has 6 nitrogen and oxygen atoms in total. The molecule has 0 saturated heterocycles. The number of aromatic nitrogens is 3. The number of nitro groups is 1. The molecule has 2 aromatic rings. The third-order valence-corrected chi connectivity index (χ3v) is 2.61. The minimum absolute atomic E-state index is 0.0512. The Kier molecular flexibility index (Phi) is 3.76. The number of non-ortho nitro benzene ring substituents is 1. The molecule has 0 unspecified atom stereocenters. The number of aryl methyl sites for hydroxylation is 1. The summed E-state index contributed by atoms with van der Waals surface area (Å²) in [5.41, 5.74) is 2.11. The maximum Gasteiger partial charge on any atom is 0.270 e. The van der Waals surface area contributed by atoms with Gasteiger partial charge in [0.25, 0.3) is 5.69 Å². The molecule has 1 N–H and O–H groups in total. The maximum atomic E-state index is 10.7. The Hall–Kier alpha value is -2.41. The number of nitrogens with zero attached hydrogens (tertiary/aromatic N) is 3. The van der Waals surface area contributed by atoms with Gasteiger partial charge in [0.1, 0.15) is 0 Å². The van der Waals surface area contributed by atoms with Crippen LogP contribution in [0.2, 0.25) is 0 Å². The SMILES string of the molecule is Cc1n[nH]c(=S)nc1/C=C/c1cccc([N+](=O)[O-])c1. The normalized spacial score (nSPS) is 10.8. The van der Waals surface area contributed by atoms with Crippen LogP contribution in [0.3, 0.4) is 0 Å². The van der Waals surface area contributed by atoms with Gasteiger partial charge >= 0.3 is 0 Å². The van der Waals surface area contributed by atoms with Crippen LogP contribution in [-0.4, -0.2) is 20.1 Å². The van der Waals surface area contributed by atoms with E-state index < -0.39 is 4.92 Å². The van der Waals surface area contributed by atoms with Crippen molar-refractivity contribution in [3.05, 3.63) is 56.1 Å². The van der Waals surface area contributed by atoms with E-state index in [1.54, 1.807) is 31.2 Å². The summed E-state index contributed by atoms with van der Waals surface area (Å²) in [6.07, 6.45) is 3.46. The van der Waals surface area contributed by atoms with Gasteiger partial charge in [-0.1, -0.05) is 18.2 Å². The van der Waals surface area contributed by atoms with Crippen molar-refractivity contribution in [3.63, 3.8) is 0 Å². The van der Waals surface area contributed by atoms with Crippen molar-refractivity contribution in [2.45, 2.75) is 6.92 Å². The summed E-state index contributed by atoms with van der Waals surface area (Å²) >= 11 is 4.89. The van der Waals surface area contributed by atoms with Gasteiger partial charge in [-0.2, -0.15) is 5.10 Å². The fourth-order valence-electron chi connectivity index (χ4n) is 1.48. The van der Waals surface area contributed by atoms with Crippen molar-refractivity contribution < 1.29 is 4.92 Å². The highest BCUT2D eigenvalue weighted by Crippen LogP contribution is 2.15. The number of hydrogen-bond acceptors (Lipinski definition) is 5. The van der Waals surface area contributed by atoms with E-state index in [9.17, 15) is 10.1 Å². The lowest BCUT2D eigenvalue weighted by atomic mass is 10.1. The van der Waals surface area contributed by atoms with Crippen molar-refractivity contribution in [2.75, 3.05) is 0 Å². The van der Waals surface area contributed by atoms with Gasteiger partial charge in [0.15, 0.2) is 0 Å². The third kappa shape index (κ3) is 3.29. The molecule has 0 bridgehead atoms. The van der Waals surface area contributed by atoms with E-state index in [-0.39, 0.29) is 5.69 Å². The minimum atomic E-state index is -0.429. The first-order valence-electron chi connectivity index (χ1n) is 5.42. The molecule has 96 valence electrons. The zero-order valence-corrected chi connectivity index (χ0v) is 10.8. The van der Waals surface area contributed by atoms with Crippen molar-refractivity contribution >= 4 is 30.1 Å². The van der Waals surface area contributed by atoms with Crippen LogP contribution in [0.4, 0.5) is 5.69 Å². The van der Waals surface area contributed by atoms with E-state index in [2.05, 4.69) is 15.2 Å². The van der Waals surface area contributed by atoms with Crippen LogP contribution in [0, 0.1) is 21.8 Å². The van der Waals surface area contributed by atoms with Gasteiger partial charge in [-0.05, 0) is 30.8 Å². The second-order valence-electron chi connectivity index (χ2n) is 3.80. The predicted molar refractivity (Wildman–Crippen MR) is 74.0 cm³/mol. The van der Waals surface area contributed by atoms with E-state index >= 15 is 0 Å². The molecule has 7 heteroatoms. The summed E-state index contributed by atoms with van der Waals surface area (Å²) in [6.45, 7) is 1.80. The predicted octanol–water partition coefficient (Wildman–Crippen LogP) is 2.92. The lowest BCUT2D eigenvalue weighted by Gasteiger charge is -1.97. The molecule has 0 radical (unpaired) electrons. The minimum Gasteiger partial charge on any atom is -0.258 e. The number of hydrogen-bond donors (Lipinski definition) is 1. The average molecular weight is 274 g/mol. The standard InChI is InChI=1S/C12H10N4O2S/c1-8-11(13-12(19)15-14-8)6-5-9-3-2-4-10(7-9)16(17)18/h2-7H,1H3,(H,13,15,19)/b6-5+. The second kappa shape index (κ2) is 5.49. The Morgan fingerprint density at radius 2 is 2.21 bits per heavy atom. The largest absolute Gasteiger partial charge is 0.270 e. The summed E-state index contributed by atoms with van der Waals surface area (Å²) in [5.74, 6) is 0. The fourth-order valence-corrected chi connectivity index (χ4v) is 1.62. The van der Waals surface area contributed by atoms with Crippen LogP contribution in [0.1, 0.15) is 17.0 Å². The number of nitro benzene ring substituents is 1. The number of nitrogens with one attached hydrogen (secondary N) is 1. The number of rotatable bonds is 3. The first kappa shape index (κ1) is 13.0. The van der Waals surface area contributed by atoms with Crippen LogP contribution in [0.5, 0.6) is 0 Å². The van der Waals surface area contributed by atoms with Crippen LogP contribution in [0.25, 0.3) is 12.2 Å². The Bertz CT molecular complexity index is 709. The van der Waals surface area contributed by atoms with Gasteiger partial charge in [0.05, 0.1) is 16.3 Å². The Balaban J connectivity index is 2.32. The Morgan fingerprint density at radius 1 is 1.42 bits per heavy atom. The summed E-state index contributed by atoms with van der Waals surface area (Å²) in [4.78, 5) is 14.4. The van der Waals surface area contributed by atoms with Gasteiger partial charge < -0.3 is 0 Å². The molecule has 19 heavy (non-hydrogen) atoms. The molecule has 0 amide bonds. The fraction of sp³-hybridized carbons (Fsp3) is 0.0833. The molecule has 1 aromatic carbocycles. The van der Waals surface area contributed by atoms with Crippen molar-refractivity contribution in [1.82, 2.24) is 15.2 Å². The molecule has 0 spiro atoms. The molecule has 0 aliphatic carbocycles. The second-order valence-corrected chi connectivity index (χ2v) is 4.18. The average Bonchev–Trinajstić information content (AvgIpc) is 2.40. The monoisotopic (exact) mass is 274 g/mol. The highest BCUT2D eigenvalue weighted by Gasteiger charge is 2.04. The first-order chi connectivity index (χ1) is 9.06. The van der Waals surface area contributed by atoms with E-state index in [1.165, 1.54) is 12.1 Å². The van der Waals surface area contributed by atoms with Crippen LogP contribution < -0.4 is 0 Å². The van der Waals surface area contributed by atoms with E-state index in [1.807, 2.05) is 0 Å². The van der Waals surface area contributed by atoms with Gasteiger partial charge in [-0.3, -0.25) is 15.2 Å². The number of H-pyrrole nitrogens is 1. The lowest BCUT2D eigenvalue weighted by Crippen LogP contribution is -1.95. The molecule has 0 fully saturated rings. The first-order valence-corrected chi connectivity index (χ1v) is 5.83. The third-order valence-electron chi connectivity index (χ3n) is 2.43. The van der Waals surface area contributed by atoms with Crippen LogP contribution in [0.15, 0.2) is 24.3 Å². The molecule has 0 aliphatic rings. The highest BCUT2D eigenvalue weighted by atomic mass is 32.1. The Labute approximate surface area is 114 Å². The molecular weight excluding hydrogens is 264 g/mol. The van der Waals surface area contributed by atoms with Crippen molar-refractivity contribution in [3.8, 4) is 0 Å². The molecule has 2 rings (SSSR count). The summed E-state index contributed by atoms with van der Waals surface area (Å²) in [6, 6.07) is 6.34. The van der Waals surface area contributed by atoms with E-state index in [4.69, 9.17) is 12.2 Å². The molecule has 0 saturated carbocycles. The molecular formula is C12H10N4O2S. The van der Waals surface area contributed by atoms with Gasteiger partial charge in [-0.15, -0.1) is 0 Å². The van der Waals surface area contributed by atoms with Crippen molar-refractivity contribution in [1.29, 1.82) is 0 Å². The molecule has 1 aromatic heterocycles. The topological polar surface area (TPSA) is 84.7 Å². The summed E-state index contributed by atoms with van der Waals surface area (Å²) in [5, 5.41) is 17.2. The smallest absolute Gasteiger partial charge is 0.258 e. The van der Waals surface area contributed by atoms with Gasteiger partial charge in [0, 0.05) is 12.1 Å². The lowest BCUT2D eigenvalue weighted by molar-refractivity contribution is -0.384. The summed E-state index contributed by atoms with van der Waals surface area (Å²) < 4.78 is 0.296. The van der Waals surface area contributed by atoms with Crippen LogP contribution >= 0.6 is 12.2 Å². The summed E-state index contributed by atoms with van der Waals surface area (Å²) in [7, 11) is 0. The van der Waals surface area contributed by atoms with Crippen LogP contribution in [-0.2, 0) is 0 Å². The maximum absolute atomic E-state index is 10.7.